The van der Waals surface area contributed by atoms with Gasteiger partial charge in [0.25, 0.3) is 0 Å². The fourth-order valence-corrected chi connectivity index (χ4v) is 2.11. The summed E-state index contributed by atoms with van der Waals surface area (Å²) in [6, 6.07) is 10.4. The third-order valence-electron chi connectivity index (χ3n) is 2.55. The highest BCUT2D eigenvalue weighted by Crippen LogP contribution is 2.16. The van der Waals surface area contributed by atoms with E-state index in [1.807, 2.05) is 12.1 Å². The first-order valence-electron chi connectivity index (χ1n) is 6.08. The van der Waals surface area contributed by atoms with Crippen molar-refractivity contribution in [1.82, 2.24) is 9.97 Å². The molecule has 1 aromatic carbocycles. The maximum atomic E-state index is 11.8. The smallest absolute Gasteiger partial charge is 0.234 e. The van der Waals surface area contributed by atoms with Gasteiger partial charge in [-0.25, -0.2) is 9.97 Å². The van der Waals surface area contributed by atoms with Gasteiger partial charge in [-0.2, -0.15) is 10.5 Å². The van der Waals surface area contributed by atoms with Gasteiger partial charge in [-0.15, -0.1) is 0 Å². The molecule has 1 amide bonds. The lowest BCUT2D eigenvalue weighted by Crippen LogP contribution is -2.14. The highest BCUT2D eigenvalue weighted by Gasteiger charge is 2.08. The number of anilines is 2. The van der Waals surface area contributed by atoms with Crippen LogP contribution in [0.25, 0.3) is 0 Å². The van der Waals surface area contributed by atoms with Crippen LogP contribution in [-0.2, 0) is 4.79 Å². The number of nitrogen functional groups attached to an aromatic ring is 1. The summed E-state index contributed by atoms with van der Waals surface area (Å²) < 4.78 is 0. The van der Waals surface area contributed by atoms with Gasteiger partial charge in [-0.3, -0.25) is 4.79 Å². The third kappa shape index (κ3) is 3.95. The second kappa shape index (κ2) is 7.07. The van der Waals surface area contributed by atoms with Gasteiger partial charge in [0.05, 0.1) is 23.6 Å². The number of rotatable bonds is 4. The van der Waals surface area contributed by atoms with Crippen molar-refractivity contribution in [1.29, 1.82) is 10.5 Å². The molecule has 0 spiro atoms. The molecule has 0 aliphatic heterocycles. The average molecular weight is 310 g/mol. The molecule has 0 unspecified atom stereocenters. The second-order valence-electron chi connectivity index (χ2n) is 4.09. The van der Waals surface area contributed by atoms with E-state index in [-0.39, 0.29) is 23.0 Å². The zero-order chi connectivity index (χ0) is 15.9. The molecule has 108 valence electrons. The minimum atomic E-state index is -0.235. The van der Waals surface area contributed by atoms with Crippen LogP contribution in [0.15, 0.2) is 35.6 Å². The van der Waals surface area contributed by atoms with Crippen molar-refractivity contribution in [3.8, 4) is 12.1 Å². The van der Waals surface area contributed by atoms with E-state index in [4.69, 9.17) is 16.3 Å². The zero-order valence-corrected chi connectivity index (χ0v) is 12.1. The molecule has 0 saturated heterocycles. The Morgan fingerprint density at radius 3 is 2.59 bits per heavy atom. The summed E-state index contributed by atoms with van der Waals surface area (Å²) in [7, 11) is 0. The quantitative estimate of drug-likeness (QED) is 0.647. The van der Waals surface area contributed by atoms with Crippen molar-refractivity contribution in [2.24, 2.45) is 0 Å². The molecule has 3 N–H and O–H groups in total. The number of thioether (sulfide) groups is 1. The lowest BCUT2D eigenvalue weighted by Gasteiger charge is -2.05. The predicted octanol–water partition coefficient (Wildman–Crippen LogP) is 1.53. The van der Waals surface area contributed by atoms with E-state index in [9.17, 15) is 4.79 Å². The molecule has 1 heterocycles. The summed E-state index contributed by atoms with van der Waals surface area (Å²) in [6.45, 7) is 0. The van der Waals surface area contributed by atoms with Crippen LogP contribution in [0.5, 0.6) is 0 Å². The number of amides is 1. The number of nitrogens with zero attached hydrogens (tertiary/aromatic N) is 4. The number of nitriles is 2. The van der Waals surface area contributed by atoms with Crippen LogP contribution < -0.4 is 11.1 Å². The minimum Gasteiger partial charge on any atom is -0.382 e. The molecule has 0 aliphatic rings. The van der Waals surface area contributed by atoms with Crippen LogP contribution in [0.4, 0.5) is 11.5 Å². The van der Waals surface area contributed by atoms with Gasteiger partial charge < -0.3 is 11.1 Å². The topological polar surface area (TPSA) is 128 Å². The molecular formula is C14H10N6OS. The molecular weight excluding hydrogens is 300 g/mol. The van der Waals surface area contributed by atoms with Gasteiger partial charge in [0, 0.05) is 5.69 Å². The first-order chi connectivity index (χ1) is 10.6. The monoisotopic (exact) mass is 310 g/mol. The van der Waals surface area contributed by atoms with Gasteiger partial charge in [0.1, 0.15) is 17.5 Å². The SMILES string of the molecule is N#Cc1ccc(NC(=O)CSc2ncc(C#N)c(N)n2)cc1. The summed E-state index contributed by atoms with van der Waals surface area (Å²) in [5, 5.41) is 20.4. The van der Waals surface area contributed by atoms with Crippen molar-refractivity contribution in [3.05, 3.63) is 41.6 Å². The van der Waals surface area contributed by atoms with E-state index >= 15 is 0 Å². The summed E-state index contributed by atoms with van der Waals surface area (Å²) in [6.07, 6.45) is 1.32. The lowest BCUT2D eigenvalue weighted by molar-refractivity contribution is -0.113. The molecule has 0 atom stereocenters. The Morgan fingerprint density at radius 1 is 1.27 bits per heavy atom. The Morgan fingerprint density at radius 2 is 2.00 bits per heavy atom. The Labute approximate surface area is 130 Å². The molecule has 0 saturated carbocycles. The molecule has 0 radical (unpaired) electrons. The zero-order valence-electron chi connectivity index (χ0n) is 11.3. The lowest BCUT2D eigenvalue weighted by atomic mass is 10.2. The van der Waals surface area contributed by atoms with Crippen molar-refractivity contribution in [2.45, 2.75) is 5.16 Å². The molecule has 22 heavy (non-hydrogen) atoms. The summed E-state index contributed by atoms with van der Waals surface area (Å²) in [5.41, 5.74) is 6.90. The number of hydrogen-bond donors (Lipinski definition) is 2. The van der Waals surface area contributed by atoms with Crippen LogP contribution in [0.2, 0.25) is 0 Å². The van der Waals surface area contributed by atoms with Gasteiger partial charge in [-0.05, 0) is 24.3 Å². The number of aromatic nitrogens is 2. The second-order valence-corrected chi connectivity index (χ2v) is 5.03. The van der Waals surface area contributed by atoms with Crippen molar-refractivity contribution in [3.63, 3.8) is 0 Å². The van der Waals surface area contributed by atoms with E-state index in [0.717, 1.165) is 11.8 Å². The standard InChI is InChI=1S/C14H10N6OS/c15-5-9-1-3-11(4-2-9)19-12(21)8-22-14-18-7-10(6-16)13(17)20-14/h1-4,7H,8H2,(H,19,21)(H2,17,18,20). The Hall–Kier alpha value is -3.10. The number of hydrogen-bond acceptors (Lipinski definition) is 7. The number of nitrogens with two attached hydrogens (primary N) is 1. The van der Waals surface area contributed by atoms with Crippen LogP contribution in [0.1, 0.15) is 11.1 Å². The van der Waals surface area contributed by atoms with Gasteiger partial charge >= 0.3 is 0 Å². The van der Waals surface area contributed by atoms with Crippen molar-refractivity contribution in [2.75, 3.05) is 16.8 Å². The number of carbonyl (C=O) groups excluding carboxylic acids is 1. The van der Waals surface area contributed by atoms with E-state index in [2.05, 4.69) is 15.3 Å². The molecule has 7 nitrogen and oxygen atoms in total. The predicted molar refractivity (Wildman–Crippen MR) is 81.7 cm³/mol. The van der Waals surface area contributed by atoms with Crippen molar-refractivity contribution < 1.29 is 4.79 Å². The fourth-order valence-electron chi connectivity index (χ4n) is 1.49. The van der Waals surface area contributed by atoms with E-state index in [1.54, 1.807) is 24.3 Å². The normalized spacial score (nSPS) is 9.55. The summed E-state index contributed by atoms with van der Waals surface area (Å²) in [4.78, 5) is 19.7. The Kier molecular flexibility index (Phi) is 4.91. The molecule has 0 bridgehead atoms. The Balaban J connectivity index is 1.91. The average Bonchev–Trinajstić information content (AvgIpc) is 2.54. The summed E-state index contributed by atoms with van der Waals surface area (Å²) >= 11 is 1.11. The third-order valence-corrected chi connectivity index (χ3v) is 3.41. The van der Waals surface area contributed by atoms with Crippen LogP contribution in [0.3, 0.4) is 0 Å². The first-order valence-corrected chi connectivity index (χ1v) is 7.06. The van der Waals surface area contributed by atoms with Crippen LogP contribution in [0, 0.1) is 22.7 Å². The molecule has 2 rings (SSSR count). The molecule has 2 aromatic rings. The highest BCUT2D eigenvalue weighted by atomic mass is 32.2. The number of benzene rings is 1. The minimum absolute atomic E-state index is 0.0903. The summed E-state index contributed by atoms with van der Waals surface area (Å²) in [5.74, 6) is -0.0422. The maximum Gasteiger partial charge on any atom is 0.234 e. The van der Waals surface area contributed by atoms with Gasteiger partial charge in [0.15, 0.2) is 5.16 Å². The van der Waals surface area contributed by atoms with Crippen LogP contribution in [-0.4, -0.2) is 21.6 Å². The Bertz CT molecular complexity index is 775. The maximum absolute atomic E-state index is 11.8. The largest absolute Gasteiger partial charge is 0.382 e. The van der Waals surface area contributed by atoms with E-state index in [1.165, 1.54) is 6.20 Å². The number of nitrogens with one attached hydrogen (secondary N) is 1. The molecule has 0 aliphatic carbocycles. The van der Waals surface area contributed by atoms with Gasteiger partial charge in [0.2, 0.25) is 5.91 Å². The van der Waals surface area contributed by atoms with Crippen LogP contribution >= 0.6 is 11.8 Å². The highest BCUT2D eigenvalue weighted by molar-refractivity contribution is 7.99. The van der Waals surface area contributed by atoms with E-state index < -0.39 is 0 Å². The molecule has 1 aromatic heterocycles. The molecule has 8 heteroatoms. The molecule has 0 fully saturated rings. The van der Waals surface area contributed by atoms with E-state index in [0.29, 0.717) is 16.4 Å². The number of carbonyl (C=O) groups is 1. The first kappa shape index (κ1) is 15.3. The van der Waals surface area contributed by atoms with Crippen molar-refractivity contribution >= 4 is 29.2 Å². The fraction of sp³-hybridized carbons (Fsp3) is 0.0714. The van der Waals surface area contributed by atoms with Gasteiger partial charge in [-0.1, -0.05) is 11.8 Å².